The van der Waals surface area contributed by atoms with Crippen molar-refractivity contribution in [1.29, 1.82) is 0 Å². The first kappa shape index (κ1) is 13.8. The molecule has 16 heavy (non-hydrogen) atoms. The molecule has 0 aromatic heterocycles. The molecule has 4 heteroatoms. The van der Waals surface area contributed by atoms with Crippen LogP contribution in [0.1, 0.15) is 32.1 Å². The summed E-state index contributed by atoms with van der Waals surface area (Å²) in [5.41, 5.74) is 0. The third kappa shape index (κ3) is 4.72. The van der Waals surface area contributed by atoms with Gasteiger partial charge in [0, 0.05) is 19.6 Å². The lowest BCUT2D eigenvalue weighted by Crippen LogP contribution is -2.42. The second kappa shape index (κ2) is 7.14. The van der Waals surface area contributed by atoms with Crippen molar-refractivity contribution in [3.8, 4) is 0 Å². The van der Waals surface area contributed by atoms with Crippen LogP contribution in [0.3, 0.4) is 0 Å². The van der Waals surface area contributed by atoms with E-state index in [0.29, 0.717) is 6.04 Å². The number of rotatable bonds is 4. The molecule has 2 rings (SSSR count). The quantitative estimate of drug-likeness (QED) is 0.358. The third-order valence-electron chi connectivity index (χ3n) is 3.11. The highest BCUT2D eigenvalue weighted by Crippen LogP contribution is 2.31. The molecule has 92 valence electrons. The Morgan fingerprint density at radius 3 is 2.56 bits per heavy atom. The van der Waals surface area contributed by atoms with Crippen molar-refractivity contribution >= 4 is 29.9 Å². The van der Waals surface area contributed by atoms with E-state index in [2.05, 4.69) is 27.8 Å². The van der Waals surface area contributed by atoms with Crippen LogP contribution in [-0.4, -0.2) is 25.6 Å². The molecular formula is C12H22IN3. The zero-order valence-corrected chi connectivity index (χ0v) is 12.2. The predicted molar refractivity (Wildman–Crippen MR) is 79.4 cm³/mol. The highest BCUT2D eigenvalue weighted by Gasteiger charge is 2.20. The summed E-state index contributed by atoms with van der Waals surface area (Å²) in [5.74, 6) is 1.95. The van der Waals surface area contributed by atoms with Crippen LogP contribution in [0.25, 0.3) is 0 Å². The van der Waals surface area contributed by atoms with Gasteiger partial charge in [0.05, 0.1) is 0 Å². The number of hydrogen-bond donors (Lipinski definition) is 2. The molecule has 0 amide bonds. The standard InChI is InChI=1S/C12H21N3.HI/c1-13-12(14-9-8-10-6-7-10)15-11-4-2-3-5-11;/h2-3,10-11H,4-9H2,1H3,(H2,13,14,15);1H. The number of nitrogens with zero attached hydrogens (tertiary/aromatic N) is 1. The Labute approximate surface area is 115 Å². The summed E-state index contributed by atoms with van der Waals surface area (Å²) < 4.78 is 0. The maximum absolute atomic E-state index is 4.24. The SMILES string of the molecule is CN=C(NCCC1CC1)NC1CC=CC1.I. The van der Waals surface area contributed by atoms with Gasteiger partial charge in [0.25, 0.3) is 0 Å². The van der Waals surface area contributed by atoms with Crippen molar-refractivity contribution in [2.45, 2.75) is 38.1 Å². The van der Waals surface area contributed by atoms with Crippen LogP contribution in [0.15, 0.2) is 17.1 Å². The van der Waals surface area contributed by atoms with Gasteiger partial charge >= 0.3 is 0 Å². The van der Waals surface area contributed by atoms with E-state index in [-0.39, 0.29) is 24.0 Å². The predicted octanol–water partition coefficient (Wildman–Crippen LogP) is 2.29. The van der Waals surface area contributed by atoms with E-state index in [9.17, 15) is 0 Å². The molecule has 0 spiro atoms. The fraction of sp³-hybridized carbons (Fsp3) is 0.750. The Kier molecular flexibility index (Phi) is 6.16. The smallest absolute Gasteiger partial charge is 0.191 e. The summed E-state index contributed by atoms with van der Waals surface area (Å²) >= 11 is 0. The molecule has 0 heterocycles. The van der Waals surface area contributed by atoms with Crippen LogP contribution in [0.4, 0.5) is 0 Å². The minimum absolute atomic E-state index is 0. The molecule has 1 fully saturated rings. The molecule has 2 aliphatic rings. The molecule has 0 aromatic carbocycles. The van der Waals surface area contributed by atoms with Crippen LogP contribution >= 0.6 is 24.0 Å². The number of aliphatic imine (C=N–C) groups is 1. The van der Waals surface area contributed by atoms with Gasteiger partial charge in [0.2, 0.25) is 0 Å². The Morgan fingerprint density at radius 1 is 1.31 bits per heavy atom. The summed E-state index contributed by atoms with van der Waals surface area (Å²) in [4.78, 5) is 4.24. The van der Waals surface area contributed by atoms with E-state index in [1.807, 2.05) is 7.05 Å². The van der Waals surface area contributed by atoms with Gasteiger partial charge in [0.15, 0.2) is 5.96 Å². The average molecular weight is 335 g/mol. The van der Waals surface area contributed by atoms with Crippen LogP contribution in [-0.2, 0) is 0 Å². The number of halogens is 1. The summed E-state index contributed by atoms with van der Waals surface area (Å²) in [6.45, 7) is 1.06. The lowest BCUT2D eigenvalue weighted by atomic mass is 10.2. The average Bonchev–Trinajstić information content (AvgIpc) is 2.93. The summed E-state index contributed by atoms with van der Waals surface area (Å²) in [5, 5.41) is 6.81. The minimum atomic E-state index is 0. The Morgan fingerprint density at radius 2 is 2.00 bits per heavy atom. The number of guanidine groups is 1. The molecule has 1 saturated carbocycles. The summed E-state index contributed by atoms with van der Waals surface area (Å²) in [7, 11) is 1.84. The van der Waals surface area contributed by atoms with Gasteiger partial charge in [-0.2, -0.15) is 0 Å². The van der Waals surface area contributed by atoms with E-state index in [0.717, 1.165) is 31.3 Å². The molecule has 0 bridgehead atoms. The minimum Gasteiger partial charge on any atom is -0.356 e. The molecule has 3 nitrogen and oxygen atoms in total. The van der Waals surface area contributed by atoms with E-state index in [1.165, 1.54) is 19.3 Å². The van der Waals surface area contributed by atoms with Gasteiger partial charge < -0.3 is 10.6 Å². The molecule has 0 atom stereocenters. The zero-order valence-electron chi connectivity index (χ0n) is 9.91. The highest BCUT2D eigenvalue weighted by atomic mass is 127. The molecule has 0 saturated heterocycles. The number of hydrogen-bond acceptors (Lipinski definition) is 1. The molecule has 2 N–H and O–H groups in total. The van der Waals surface area contributed by atoms with Gasteiger partial charge in [-0.05, 0) is 25.2 Å². The van der Waals surface area contributed by atoms with Gasteiger partial charge in [-0.25, -0.2) is 0 Å². The van der Waals surface area contributed by atoms with E-state index in [1.54, 1.807) is 0 Å². The maximum atomic E-state index is 4.24. The molecule has 0 aromatic rings. The van der Waals surface area contributed by atoms with Crippen molar-refractivity contribution in [3.63, 3.8) is 0 Å². The normalized spacial score (nSPS) is 20.7. The van der Waals surface area contributed by atoms with Crippen molar-refractivity contribution in [2.75, 3.05) is 13.6 Å². The van der Waals surface area contributed by atoms with Gasteiger partial charge in [-0.1, -0.05) is 25.0 Å². The summed E-state index contributed by atoms with van der Waals surface area (Å²) in [6, 6.07) is 0.553. The van der Waals surface area contributed by atoms with Crippen LogP contribution in [0.5, 0.6) is 0 Å². The molecule has 0 radical (unpaired) electrons. The summed E-state index contributed by atoms with van der Waals surface area (Å²) in [6.07, 6.45) is 10.9. The number of nitrogens with one attached hydrogen (secondary N) is 2. The van der Waals surface area contributed by atoms with Gasteiger partial charge in [0.1, 0.15) is 0 Å². The lowest BCUT2D eigenvalue weighted by molar-refractivity contribution is 0.621. The van der Waals surface area contributed by atoms with E-state index < -0.39 is 0 Å². The van der Waals surface area contributed by atoms with Crippen molar-refractivity contribution in [2.24, 2.45) is 10.9 Å². The van der Waals surface area contributed by atoms with Crippen LogP contribution in [0.2, 0.25) is 0 Å². The first-order valence-electron chi connectivity index (χ1n) is 6.00. The van der Waals surface area contributed by atoms with Crippen molar-refractivity contribution < 1.29 is 0 Å². The largest absolute Gasteiger partial charge is 0.356 e. The fourth-order valence-corrected chi connectivity index (χ4v) is 1.92. The van der Waals surface area contributed by atoms with Crippen LogP contribution in [0, 0.1) is 5.92 Å². The topological polar surface area (TPSA) is 36.4 Å². The highest BCUT2D eigenvalue weighted by molar-refractivity contribution is 14.0. The van der Waals surface area contributed by atoms with Crippen molar-refractivity contribution in [3.05, 3.63) is 12.2 Å². The zero-order chi connectivity index (χ0) is 10.5. The molecular weight excluding hydrogens is 313 g/mol. The first-order valence-corrected chi connectivity index (χ1v) is 6.00. The molecule has 2 aliphatic carbocycles. The second-order valence-electron chi connectivity index (χ2n) is 4.52. The van der Waals surface area contributed by atoms with E-state index in [4.69, 9.17) is 0 Å². The molecule has 0 aliphatic heterocycles. The maximum Gasteiger partial charge on any atom is 0.191 e. The van der Waals surface area contributed by atoms with Crippen molar-refractivity contribution in [1.82, 2.24) is 10.6 Å². The fourth-order valence-electron chi connectivity index (χ4n) is 1.92. The monoisotopic (exact) mass is 335 g/mol. The van der Waals surface area contributed by atoms with Gasteiger partial charge in [-0.3, -0.25) is 4.99 Å². The van der Waals surface area contributed by atoms with Gasteiger partial charge in [-0.15, -0.1) is 24.0 Å². The Balaban J connectivity index is 0.00000128. The van der Waals surface area contributed by atoms with E-state index >= 15 is 0 Å². The second-order valence-corrected chi connectivity index (χ2v) is 4.52. The molecule has 0 unspecified atom stereocenters. The lowest BCUT2D eigenvalue weighted by Gasteiger charge is -2.16. The Bertz CT molecular complexity index is 251. The van der Waals surface area contributed by atoms with Crippen LogP contribution < -0.4 is 10.6 Å². The first-order chi connectivity index (χ1) is 7.38. The third-order valence-corrected chi connectivity index (χ3v) is 3.11. The Hall–Kier alpha value is -0.260.